The Balaban J connectivity index is 2.22. The molecule has 0 fully saturated rings. The van der Waals surface area contributed by atoms with Crippen molar-refractivity contribution >= 4 is 23.3 Å². The van der Waals surface area contributed by atoms with Crippen molar-refractivity contribution in [1.29, 1.82) is 0 Å². The van der Waals surface area contributed by atoms with Gasteiger partial charge in [0.15, 0.2) is 6.61 Å². The molecule has 150 valence electrons. The van der Waals surface area contributed by atoms with E-state index >= 15 is 0 Å². The summed E-state index contributed by atoms with van der Waals surface area (Å²) >= 11 is 0. The summed E-state index contributed by atoms with van der Waals surface area (Å²) in [6, 6.07) is 6.65. The fourth-order valence-corrected chi connectivity index (χ4v) is 2.67. The van der Waals surface area contributed by atoms with Crippen molar-refractivity contribution in [2.45, 2.75) is 19.9 Å². The van der Waals surface area contributed by atoms with Crippen molar-refractivity contribution in [2.75, 3.05) is 31.3 Å². The molecule has 9 nitrogen and oxygen atoms in total. The van der Waals surface area contributed by atoms with Crippen LogP contribution in [0.5, 0.6) is 0 Å². The minimum Gasteiger partial charge on any atom is -0.454 e. The van der Waals surface area contributed by atoms with Crippen molar-refractivity contribution in [3.8, 4) is 0 Å². The van der Waals surface area contributed by atoms with Gasteiger partial charge in [0.2, 0.25) is 5.78 Å². The molecule has 0 atom stereocenters. The van der Waals surface area contributed by atoms with Gasteiger partial charge in [0, 0.05) is 33.4 Å². The zero-order chi connectivity index (χ0) is 21.0. The third-order valence-corrected chi connectivity index (χ3v) is 4.26. The Morgan fingerprint density at radius 1 is 1.14 bits per heavy atom. The summed E-state index contributed by atoms with van der Waals surface area (Å²) in [5, 5.41) is 0. The summed E-state index contributed by atoms with van der Waals surface area (Å²) in [6.07, 6.45) is 0.591. The van der Waals surface area contributed by atoms with Crippen LogP contribution in [0.15, 0.2) is 33.9 Å². The summed E-state index contributed by atoms with van der Waals surface area (Å²) in [4.78, 5) is 51.0. The highest BCUT2D eigenvalue weighted by atomic mass is 16.5. The molecule has 2 rings (SSSR count). The van der Waals surface area contributed by atoms with Crippen molar-refractivity contribution in [3.05, 3.63) is 56.2 Å². The van der Waals surface area contributed by atoms with Crippen LogP contribution in [0.3, 0.4) is 0 Å². The number of nitrogen functional groups attached to an aromatic ring is 1. The number of carbonyl (C=O) groups is 2. The molecule has 0 unspecified atom stereocenters. The lowest BCUT2D eigenvalue weighted by Crippen LogP contribution is -2.43. The highest BCUT2D eigenvalue weighted by molar-refractivity contribution is 6.02. The fourth-order valence-electron chi connectivity index (χ4n) is 2.67. The van der Waals surface area contributed by atoms with E-state index in [0.717, 1.165) is 14.8 Å². The molecule has 1 aromatic carbocycles. The smallest absolute Gasteiger partial charge is 0.338 e. The van der Waals surface area contributed by atoms with Crippen molar-refractivity contribution in [3.63, 3.8) is 0 Å². The van der Waals surface area contributed by atoms with Gasteiger partial charge in [-0.3, -0.25) is 18.7 Å². The lowest BCUT2D eigenvalue weighted by atomic mass is 10.2. The van der Waals surface area contributed by atoms with E-state index in [9.17, 15) is 19.2 Å². The zero-order valence-corrected chi connectivity index (χ0v) is 16.4. The SMILES string of the molecule is CCCn1c(N)c(C(=O)COC(=O)c2ccc(N(C)C)cc2)c(=O)n(C)c1=O. The molecule has 0 saturated heterocycles. The number of nitrogens with two attached hydrogens (primary N) is 1. The first kappa shape index (κ1) is 20.9. The number of ketones is 1. The minimum absolute atomic E-state index is 0.216. The topological polar surface area (TPSA) is 117 Å². The normalized spacial score (nSPS) is 10.6. The van der Waals surface area contributed by atoms with Gasteiger partial charge in [-0.2, -0.15) is 0 Å². The number of rotatable bonds is 7. The van der Waals surface area contributed by atoms with E-state index < -0.39 is 29.6 Å². The van der Waals surface area contributed by atoms with Crippen molar-refractivity contribution in [1.82, 2.24) is 9.13 Å². The van der Waals surface area contributed by atoms with Gasteiger partial charge in [0.05, 0.1) is 5.56 Å². The number of esters is 1. The Kier molecular flexibility index (Phi) is 6.40. The van der Waals surface area contributed by atoms with E-state index in [-0.39, 0.29) is 23.5 Å². The van der Waals surface area contributed by atoms with Gasteiger partial charge in [0.25, 0.3) is 5.56 Å². The van der Waals surface area contributed by atoms with E-state index in [1.807, 2.05) is 25.9 Å². The molecule has 0 aliphatic heterocycles. The monoisotopic (exact) mass is 388 g/mol. The molecule has 28 heavy (non-hydrogen) atoms. The van der Waals surface area contributed by atoms with Crippen LogP contribution in [0.1, 0.15) is 34.1 Å². The first-order valence-electron chi connectivity index (χ1n) is 8.76. The predicted molar refractivity (Wildman–Crippen MR) is 106 cm³/mol. The number of aromatic nitrogens is 2. The average Bonchev–Trinajstić information content (AvgIpc) is 2.68. The zero-order valence-electron chi connectivity index (χ0n) is 16.4. The largest absolute Gasteiger partial charge is 0.454 e. The van der Waals surface area contributed by atoms with Crippen LogP contribution in [0.2, 0.25) is 0 Å². The number of benzene rings is 1. The maximum Gasteiger partial charge on any atom is 0.338 e. The van der Waals surface area contributed by atoms with Gasteiger partial charge < -0.3 is 15.4 Å². The van der Waals surface area contributed by atoms with Gasteiger partial charge in [-0.1, -0.05) is 6.92 Å². The Hall–Kier alpha value is -3.36. The third-order valence-electron chi connectivity index (χ3n) is 4.26. The molecule has 0 aliphatic rings. The summed E-state index contributed by atoms with van der Waals surface area (Å²) in [5.74, 6) is -1.68. The number of hydrogen-bond acceptors (Lipinski definition) is 7. The van der Waals surface area contributed by atoms with E-state index in [2.05, 4.69) is 0 Å². The van der Waals surface area contributed by atoms with Gasteiger partial charge >= 0.3 is 11.7 Å². The Morgan fingerprint density at radius 3 is 2.29 bits per heavy atom. The van der Waals surface area contributed by atoms with E-state index in [1.165, 1.54) is 7.05 Å². The maximum absolute atomic E-state index is 12.5. The van der Waals surface area contributed by atoms with Gasteiger partial charge in [-0.15, -0.1) is 0 Å². The number of nitrogens with zero attached hydrogens (tertiary/aromatic N) is 3. The molecule has 0 saturated carbocycles. The quantitative estimate of drug-likeness (QED) is 0.546. The molecule has 0 radical (unpaired) electrons. The molecule has 0 amide bonds. The highest BCUT2D eigenvalue weighted by Crippen LogP contribution is 2.13. The first-order chi connectivity index (χ1) is 13.2. The van der Waals surface area contributed by atoms with Crippen molar-refractivity contribution < 1.29 is 14.3 Å². The molecule has 0 aliphatic carbocycles. The van der Waals surface area contributed by atoms with Crippen LogP contribution in [0.25, 0.3) is 0 Å². The van der Waals surface area contributed by atoms with Gasteiger partial charge in [-0.25, -0.2) is 9.59 Å². The summed E-state index contributed by atoms with van der Waals surface area (Å²) in [6.45, 7) is 1.44. The summed E-state index contributed by atoms with van der Waals surface area (Å²) in [5.41, 5.74) is 5.30. The van der Waals surface area contributed by atoms with Crippen LogP contribution in [-0.2, 0) is 18.3 Å². The fraction of sp³-hybridized carbons (Fsp3) is 0.368. The van der Waals surface area contributed by atoms with Crippen LogP contribution in [0.4, 0.5) is 11.5 Å². The van der Waals surface area contributed by atoms with Gasteiger partial charge in [0.1, 0.15) is 11.4 Å². The number of carbonyl (C=O) groups excluding carboxylic acids is 2. The third kappa shape index (κ3) is 4.13. The lowest BCUT2D eigenvalue weighted by molar-refractivity contribution is 0.0474. The second-order valence-electron chi connectivity index (χ2n) is 6.50. The minimum atomic E-state index is -0.814. The highest BCUT2D eigenvalue weighted by Gasteiger charge is 2.22. The number of Topliss-reactive ketones (excluding diaryl/α,β-unsaturated/α-hetero) is 1. The predicted octanol–water partition coefficient (Wildman–Crippen LogP) is 0.645. The van der Waals surface area contributed by atoms with E-state index in [1.54, 1.807) is 24.3 Å². The first-order valence-corrected chi connectivity index (χ1v) is 8.76. The summed E-state index contributed by atoms with van der Waals surface area (Å²) < 4.78 is 7.02. The van der Waals surface area contributed by atoms with Gasteiger partial charge in [-0.05, 0) is 30.7 Å². The second-order valence-corrected chi connectivity index (χ2v) is 6.50. The van der Waals surface area contributed by atoms with Crippen LogP contribution < -0.4 is 21.9 Å². The number of anilines is 2. The average molecular weight is 388 g/mol. The molecule has 0 spiro atoms. The number of ether oxygens (including phenoxy) is 1. The van der Waals surface area contributed by atoms with E-state index in [0.29, 0.717) is 6.42 Å². The van der Waals surface area contributed by atoms with Crippen LogP contribution >= 0.6 is 0 Å². The van der Waals surface area contributed by atoms with Crippen LogP contribution in [-0.4, -0.2) is 41.6 Å². The molecular formula is C19H24N4O5. The molecule has 1 aromatic heterocycles. The Bertz CT molecular complexity index is 1000. The summed E-state index contributed by atoms with van der Waals surface area (Å²) in [7, 11) is 5.01. The standard InChI is InChI=1S/C19H24N4O5/c1-5-10-23-16(20)15(17(25)22(4)19(23)27)14(24)11-28-18(26)12-6-8-13(9-7-12)21(2)3/h6-9H,5,10-11,20H2,1-4H3. The molecule has 2 aromatic rings. The second kappa shape index (κ2) is 8.55. The van der Waals surface area contributed by atoms with Crippen molar-refractivity contribution in [2.24, 2.45) is 7.05 Å². The van der Waals surface area contributed by atoms with E-state index in [4.69, 9.17) is 10.5 Å². The lowest BCUT2D eigenvalue weighted by Gasteiger charge is -2.14. The molecule has 2 N–H and O–H groups in total. The Labute approximate surface area is 161 Å². The molecule has 0 bridgehead atoms. The molecule has 1 heterocycles. The molecule has 9 heteroatoms. The molecular weight excluding hydrogens is 364 g/mol. The van der Waals surface area contributed by atoms with Crippen LogP contribution in [0, 0.1) is 0 Å². The number of hydrogen-bond donors (Lipinski definition) is 1. The maximum atomic E-state index is 12.5. The Morgan fingerprint density at radius 2 is 1.75 bits per heavy atom.